The maximum atomic E-state index is 11.3. The summed E-state index contributed by atoms with van der Waals surface area (Å²) in [6.07, 6.45) is 1.45. The van der Waals surface area contributed by atoms with E-state index < -0.39 is 0 Å². The number of nitrogens with zero attached hydrogens (tertiary/aromatic N) is 2. The van der Waals surface area contributed by atoms with Gasteiger partial charge >= 0.3 is 0 Å². The Labute approximate surface area is 139 Å². The molecule has 0 fully saturated rings. The van der Waals surface area contributed by atoms with E-state index in [0.29, 0.717) is 40.1 Å². The molecule has 0 aliphatic rings. The summed E-state index contributed by atoms with van der Waals surface area (Å²) in [6, 6.07) is 3.47. The van der Waals surface area contributed by atoms with Gasteiger partial charge in [-0.3, -0.25) is 4.79 Å². The number of methoxy groups -OCH3 is 1. The van der Waals surface area contributed by atoms with Gasteiger partial charge in [-0.25, -0.2) is 4.68 Å². The molecule has 0 bridgehead atoms. The molecule has 1 heterocycles. The van der Waals surface area contributed by atoms with Crippen LogP contribution in [0.3, 0.4) is 0 Å². The lowest BCUT2D eigenvalue weighted by Crippen LogP contribution is -2.02. The average molecular weight is 339 g/mol. The molecule has 0 saturated carbocycles. The lowest BCUT2D eigenvalue weighted by atomic mass is 10.1. The summed E-state index contributed by atoms with van der Waals surface area (Å²) in [5.41, 5.74) is 1.93. The number of carbonyl (C=O) groups is 1. The van der Waals surface area contributed by atoms with E-state index in [1.165, 1.54) is 11.8 Å². The number of benzene rings is 1. The average Bonchev–Trinajstić information content (AvgIpc) is 2.80. The SMILES string of the molecule is CCc1cc(Cl)c(OCOC)cc1Oc1c(C=O)c(C)nn1C. The van der Waals surface area contributed by atoms with Crippen LogP contribution in [-0.2, 0) is 18.2 Å². The van der Waals surface area contributed by atoms with Crippen LogP contribution in [0, 0.1) is 6.92 Å². The molecule has 0 unspecified atom stereocenters. The van der Waals surface area contributed by atoms with Crippen LogP contribution in [0.2, 0.25) is 5.02 Å². The fourth-order valence-corrected chi connectivity index (χ4v) is 2.44. The van der Waals surface area contributed by atoms with Crippen LogP contribution in [0.4, 0.5) is 0 Å². The van der Waals surface area contributed by atoms with Crippen molar-refractivity contribution in [1.82, 2.24) is 9.78 Å². The van der Waals surface area contributed by atoms with Crippen LogP contribution in [0.1, 0.15) is 28.5 Å². The zero-order valence-electron chi connectivity index (χ0n) is 13.6. The standard InChI is InChI=1S/C16H19ClN2O4/c1-5-11-6-13(17)15(22-9-21-4)7-14(11)23-16-12(8-20)10(2)18-19(16)3/h6-8H,5,9H2,1-4H3. The Morgan fingerprint density at radius 1 is 1.35 bits per heavy atom. The molecular weight excluding hydrogens is 320 g/mol. The molecular formula is C16H19ClN2O4. The third kappa shape index (κ3) is 3.65. The zero-order chi connectivity index (χ0) is 17.0. The number of aromatic nitrogens is 2. The molecule has 7 heteroatoms. The molecule has 2 rings (SSSR count). The van der Waals surface area contributed by atoms with Gasteiger partial charge in [-0.1, -0.05) is 18.5 Å². The van der Waals surface area contributed by atoms with Gasteiger partial charge < -0.3 is 14.2 Å². The van der Waals surface area contributed by atoms with Crippen molar-refractivity contribution in [2.75, 3.05) is 13.9 Å². The van der Waals surface area contributed by atoms with Gasteiger partial charge in [0.05, 0.1) is 16.3 Å². The Morgan fingerprint density at radius 3 is 2.70 bits per heavy atom. The highest BCUT2D eigenvalue weighted by molar-refractivity contribution is 6.32. The van der Waals surface area contributed by atoms with E-state index in [1.807, 2.05) is 6.92 Å². The van der Waals surface area contributed by atoms with E-state index in [2.05, 4.69) is 5.10 Å². The minimum atomic E-state index is 0.0784. The van der Waals surface area contributed by atoms with Gasteiger partial charge in [0.25, 0.3) is 0 Å². The molecule has 0 radical (unpaired) electrons. The number of hydrogen-bond donors (Lipinski definition) is 0. The Balaban J connectivity index is 2.44. The third-order valence-corrected chi connectivity index (χ3v) is 3.66. The molecule has 0 amide bonds. The number of aryl methyl sites for hydroxylation is 3. The molecule has 2 aromatic rings. The fourth-order valence-electron chi connectivity index (χ4n) is 2.19. The number of rotatable bonds is 7. The number of halogens is 1. The Morgan fingerprint density at radius 2 is 2.09 bits per heavy atom. The van der Waals surface area contributed by atoms with Crippen molar-refractivity contribution >= 4 is 17.9 Å². The molecule has 1 aromatic heterocycles. The highest BCUT2D eigenvalue weighted by atomic mass is 35.5. The molecule has 23 heavy (non-hydrogen) atoms. The second kappa shape index (κ2) is 7.48. The van der Waals surface area contributed by atoms with Gasteiger partial charge in [0, 0.05) is 20.2 Å². The predicted octanol–water partition coefficient (Wildman–Crippen LogP) is 3.53. The number of carbonyl (C=O) groups excluding carboxylic acids is 1. The minimum absolute atomic E-state index is 0.0784. The lowest BCUT2D eigenvalue weighted by molar-refractivity contribution is 0.0510. The highest BCUT2D eigenvalue weighted by Gasteiger charge is 2.18. The van der Waals surface area contributed by atoms with Crippen molar-refractivity contribution in [2.24, 2.45) is 7.05 Å². The first-order valence-corrected chi connectivity index (χ1v) is 7.50. The molecule has 124 valence electrons. The van der Waals surface area contributed by atoms with Crippen LogP contribution in [0.25, 0.3) is 0 Å². The summed E-state index contributed by atoms with van der Waals surface area (Å²) < 4.78 is 17.8. The van der Waals surface area contributed by atoms with E-state index in [0.717, 1.165) is 11.8 Å². The Hall–Kier alpha value is -2.05. The van der Waals surface area contributed by atoms with Crippen molar-refractivity contribution in [3.05, 3.63) is 34.0 Å². The normalized spacial score (nSPS) is 10.7. The molecule has 0 saturated heterocycles. The topological polar surface area (TPSA) is 62.6 Å². The second-order valence-corrected chi connectivity index (χ2v) is 5.35. The maximum Gasteiger partial charge on any atom is 0.228 e. The van der Waals surface area contributed by atoms with Crippen molar-refractivity contribution in [3.63, 3.8) is 0 Å². The first kappa shape index (κ1) is 17.3. The maximum absolute atomic E-state index is 11.3. The number of ether oxygens (including phenoxy) is 3. The van der Waals surface area contributed by atoms with Gasteiger partial charge in [0.15, 0.2) is 13.1 Å². The Bertz CT molecular complexity index is 713. The first-order chi connectivity index (χ1) is 11.0. The van der Waals surface area contributed by atoms with Gasteiger partial charge in [-0.2, -0.15) is 5.10 Å². The highest BCUT2D eigenvalue weighted by Crippen LogP contribution is 2.36. The van der Waals surface area contributed by atoms with Crippen molar-refractivity contribution in [3.8, 4) is 17.4 Å². The molecule has 0 N–H and O–H groups in total. The van der Waals surface area contributed by atoms with E-state index in [-0.39, 0.29) is 6.79 Å². The fraction of sp³-hybridized carbons (Fsp3) is 0.375. The van der Waals surface area contributed by atoms with Crippen molar-refractivity contribution in [1.29, 1.82) is 0 Å². The van der Waals surface area contributed by atoms with E-state index >= 15 is 0 Å². The first-order valence-electron chi connectivity index (χ1n) is 7.12. The molecule has 6 nitrogen and oxygen atoms in total. The zero-order valence-corrected chi connectivity index (χ0v) is 14.3. The molecule has 0 spiro atoms. The van der Waals surface area contributed by atoms with E-state index in [4.69, 9.17) is 25.8 Å². The summed E-state index contributed by atoms with van der Waals surface area (Å²) in [4.78, 5) is 11.3. The number of aldehydes is 1. The molecule has 0 aliphatic carbocycles. The summed E-state index contributed by atoms with van der Waals surface area (Å²) in [7, 11) is 3.25. The second-order valence-electron chi connectivity index (χ2n) is 4.94. The van der Waals surface area contributed by atoms with Gasteiger partial charge in [0.2, 0.25) is 5.88 Å². The Kier molecular flexibility index (Phi) is 5.63. The van der Waals surface area contributed by atoms with Gasteiger partial charge in [-0.15, -0.1) is 0 Å². The smallest absolute Gasteiger partial charge is 0.228 e. The van der Waals surface area contributed by atoms with E-state index in [9.17, 15) is 4.79 Å². The van der Waals surface area contributed by atoms with Gasteiger partial charge in [0.1, 0.15) is 11.5 Å². The monoisotopic (exact) mass is 338 g/mol. The van der Waals surface area contributed by atoms with Crippen LogP contribution in [0.15, 0.2) is 12.1 Å². The minimum Gasteiger partial charge on any atom is -0.466 e. The summed E-state index contributed by atoms with van der Waals surface area (Å²) >= 11 is 6.20. The number of hydrogen-bond acceptors (Lipinski definition) is 5. The van der Waals surface area contributed by atoms with Crippen LogP contribution >= 0.6 is 11.6 Å². The van der Waals surface area contributed by atoms with E-state index in [1.54, 1.807) is 26.1 Å². The van der Waals surface area contributed by atoms with Crippen LogP contribution < -0.4 is 9.47 Å². The summed E-state index contributed by atoms with van der Waals surface area (Å²) in [6.45, 7) is 3.82. The van der Waals surface area contributed by atoms with Gasteiger partial charge in [-0.05, 0) is 25.0 Å². The summed E-state index contributed by atoms with van der Waals surface area (Å²) in [5.74, 6) is 1.40. The molecule has 1 aromatic carbocycles. The summed E-state index contributed by atoms with van der Waals surface area (Å²) in [5, 5.41) is 4.68. The van der Waals surface area contributed by atoms with Crippen LogP contribution in [-0.4, -0.2) is 30.0 Å². The van der Waals surface area contributed by atoms with Crippen molar-refractivity contribution < 1.29 is 19.0 Å². The van der Waals surface area contributed by atoms with Crippen LogP contribution in [0.5, 0.6) is 17.4 Å². The van der Waals surface area contributed by atoms with Crippen molar-refractivity contribution in [2.45, 2.75) is 20.3 Å². The molecule has 0 atom stereocenters. The largest absolute Gasteiger partial charge is 0.466 e. The predicted molar refractivity (Wildman–Crippen MR) is 86.7 cm³/mol. The third-order valence-electron chi connectivity index (χ3n) is 3.37. The quantitative estimate of drug-likeness (QED) is 0.571. The molecule has 0 aliphatic heterocycles. The lowest BCUT2D eigenvalue weighted by Gasteiger charge is -2.14.